The van der Waals surface area contributed by atoms with Crippen molar-refractivity contribution in [2.45, 2.75) is 44.3 Å². The van der Waals surface area contributed by atoms with Crippen LogP contribution < -0.4 is 0 Å². The lowest BCUT2D eigenvalue weighted by molar-refractivity contribution is -0.143. The average Bonchev–Trinajstić information content (AvgIpc) is 3.30. The molecule has 1 aliphatic heterocycles. The molecule has 0 radical (unpaired) electrons. The predicted molar refractivity (Wildman–Crippen MR) is 133 cm³/mol. The fourth-order valence-electron chi connectivity index (χ4n) is 5.43. The van der Waals surface area contributed by atoms with E-state index < -0.39 is 47.9 Å². The van der Waals surface area contributed by atoms with Gasteiger partial charge < -0.3 is 19.6 Å². The van der Waals surface area contributed by atoms with Crippen LogP contribution in [0.2, 0.25) is 0 Å². The van der Waals surface area contributed by atoms with Crippen LogP contribution in [0.1, 0.15) is 46.8 Å². The number of rotatable bonds is 5. The Hall–Kier alpha value is -3.05. The number of hydrogen-bond acceptors (Lipinski definition) is 3. The van der Waals surface area contributed by atoms with Crippen LogP contribution in [0.25, 0.3) is 5.57 Å². The summed E-state index contributed by atoms with van der Waals surface area (Å²) in [5.41, 5.74) is 0.108. The largest absolute Gasteiger partial charge is 0.416 e. The molecule has 0 aromatic heterocycles. The van der Waals surface area contributed by atoms with Crippen molar-refractivity contribution in [1.82, 2.24) is 9.80 Å². The number of benzene rings is 2. The van der Waals surface area contributed by atoms with Gasteiger partial charge in [-0.25, -0.2) is 4.79 Å². The van der Waals surface area contributed by atoms with Crippen molar-refractivity contribution in [3.05, 3.63) is 75.9 Å². The lowest BCUT2D eigenvalue weighted by Gasteiger charge is -2.34. The Kier molecular flexibility index (Phi) is 8.05. The van der Waals surface area contributed by atoms with E-state index >= 15 is 0 Å². The fourth-order valence-corrected chi connectivity index (χ4v) is 5.43. The maximum Gasteiger partial charge on any atom is 0.416 e. The number of hydrogen-bond donors (Lipinski definition) is 1. The number of fused-ring (bicyclic) bond motifs is 1. The number of amides is 2. The fraction of sp³-hybridized carbons (Fsp3) is 0.464. The number of aliphatic hydroxyl groups is 1. The van der Waals surface area contributed by atoms with Gasteiger partial charge in [-0.2, -0.15) is 26.3 Å². The number of alkyl halides is 6. The van der Waals surface area contributed by atoms with Crippen LogP contribution >= 0.6 is 0 Å². The SMILES string of the molecule is Cc1ccccc1C1=C2CN(C(=O)N(C)C)CC2CC[C@@H]1O[C@H](CO)c1cc(C(F)(F)F)cc(C(F)(F)F)c1. The van der Waals surface area contributed by atoms with Crippen LogP contribution in [0.5, 0.6) is 0 Å². The van der Waals surface area contributed by atoms with Crippen LogP contribution in [-0.2, 0) is 17.1 Å². The molecule has 1 aliphatic carbocycles. The molecule has 1 fully saturated rings. The highest BCUT2D eigenvalue weighted by Gasteiger charge is 2.41. The minimum Gasteiger partial charge on any atom is -0.393 e. The second-order valence-electron chi connectivity index (χ2n) is 10.2. The molecule has 3 atom stereocenters. The molecule has 2 aromatic carbocycles. The quantitative estimate of drug-likeness (QED) is 0.439. The second kappa shape index (κ2) is 10.8. The van der Waals surface area contributed by atoms with Crippen LogP contribution in [0.4, 0.5) is 31.1 Å². The molecule has 2 aliphatic rings. The van der Waals surface area contributed by atoms with E-state index in [0.29, 0.717) is 38.1 Å². The first-order valence-corrected chi connectivity index (χ1v) is 12.5. The van der Waals surface area contributed by atoms with Crippen molar-refractivity contribution in [3.63, 3.8) is 0 Å². The number of urea groups is 1. The number of aliphatic hydroxyl groups excluding tert-OH is 1. The molecule has 212 valence electrons. The number of aryl methyl sites for hydroxylation is 1. The minimum absolute atomic E-state index is 0.0429. The van der Waals surface area contributed by atoms with Gasteiger partial charge in [-0.15, -0.1) is 0 Å². The van der Waals surface area contributed by atoms with Gasteiger partial charge in [-0.05, 0) is 65.8 Å². The number of halogens is 6. The summed E-state index contributed by atoms with van der Waals surface area (Å²) in [5.74, 6) is 0.0429. The van der Waals surface area contributed by atoms with Gasteiger partial charge in [-0.3, -0.25) is 0 Å². The molecule has 5 nitrogen and oxygen atoms in total. The summed E-state index contributed by atoms with van der Waals surface area (Å²) >= 11 is 0. The lowest BCUT2D eigenvalue weighted by atomic mass is 9.79. The van der Waals surface area contributed by atoms with Gasteiger partial charge in [0.25, 0.3) is 0 Å². The highest BCUT2D eigenvalue weighted by atomic mass is 19.4. The zero-order chi connectivity index (χ0) is 28.7. The van der Waals surface area contributed by atoms with Gasteiger partial charge in [0.2, 0.25) is 0 Å². The highest BCUT2D eigenvalue weighted by Crippen LogP contribution is 2.45. The predicted octanol–water partition coefficient (Wildman–Crippen LogP) is 6.31. The summed E-state index contributed by atoms with van der Waals surface area (Å²) in [6, 6.07) is 8.55. The normalized spacial score (nSPS) is 20.7. The Labute approximate surface area is 222 Å². The van der Waals surface area contributed by atoms with Crippen LogP contribution in [0.15, 0.2) is 48.0 Å². The van der Waals surface area contributed by atoms with Crippen LogP contribution in [0.3, 0.4) is 0 Å². The van der Waals surface area contributed by atoms with Crippen molar-refractivity contribution in [3.8, 4) is 0 Å². The van der Waals surface area contributed by atoms with Crippen LogP contribution in [0, 0.1) is 12.8 Å². The Morgan fingerprint density at radius 3 is 2.21 bits per heavy atom. The van der Waals surface area contributed by atoms with Crippen molar-refractivity contribution < 1.29 is 41.0 Å². The summed E-state index contributed by atoms with van der Waals surface area (Å²) in [7, 11) is 3.31. The number of carbonyl (C=O) groups is 1. The first-order chi connectivity index (χ1) is 18.2. The first kappa shape index (κ1) is 28.9. The average molecular weight is 557 g/mol. The molecule has 0 spiro atoms. The van der Waals surface area contributed by atoms with Gasteiger partial charge in [-0.1, -0.05) is 24.3 Å². The van der Waals surface area contributed by atoms with Gasteiger partial charge >= 0.3 is 18.4 Å². The smallest absolute Gasteiger partial charge is 0.393 e. The minimum atomic E-state index is -5.02. The molecule has 2 aromatic rings. The van der Waals surface area contributed by atoms with Crippen molar-refractivity contribution in [1.29, 1.82) is 0 Å². The van der Waals surface area contributed by atoms with E-state index in [9.17, 15) is 36.2 Å². The topological polar surface area (TPSA) is 53.0 Å². The van der Waals surface area contributed by atoms with Gasteiger partial charge in [0.1, 0.15) is 6.10 Å². The zero-order valence-corrected chi connectivity index (χ0v) is 21.7. The van der Waals surface area contributed by atoms with E-state index in [2.05, 4.69) is 0 Å². The molecular weight excluding hydrogens is 526 g/mol. The number of carbonyl (C=O) groups excluding carboxylic acids is 1. The van der Waals surface area contributed by atoms with E-state index in [1.54, 1.807) is 19.0 Å². The van der Waals surface area contributed by atoms with E-state index in [4.69, 9.17) is 4.74 Å². The number of nitrogens with zero attached hydrogens (tertiary/aromatic N) is 2. The molecule has 0 bridgehead atoms. The first-order valence-electron chi connectivity index (χ1n) is 12.5. The van der Waals surface area contributed by atoms with Crippen LogP contribution in [-0.4, -0.2) is 60.8 Å². The molecule has 0 saturated carbocycles. The Balaban J connectivity index is 1.77. The third kappa shape index (κ3) is 6.09. The molecule has 1 unspecified atom stereocenters. The molecule has 4 rings (SSSR count). The Morgan fingerprint density at radius 2 is 1.67 bits per heavy atom. The summed E-state index contributed by atoms with van der Waals surface area (Å²) in [6.07, 6.45) is -11.2. The Morgan fingerprint density at radius 1 is 1.05 bits per heavy atom. The molecule has 1 N–H and O–H groups in total. The lowest BCUT2D eigenvalue weighted by Crippen LogP contribution is -2.37. The highest BCUT2D eigenvalue weighted by molar-refractivity contribution is 5.79. The molecule has 11 heteroatoms. The molecule has 39 heavy (non-hydrogen) atoms. The summed E-state index contributed by atoms with van der Waals surface area (Å²) in [4.78, 5) is 15.9. The van der Waals surface area contributed by atoms with Crippen molar-refractivity contribution in [2.75, 3.05) is 33.8 Å². The summed E-state index contributed by atoms with van der Waals surface area (Å²) in [6.45, 7) is 1.91. The molecule has 1 saturated heterocycles. The molecular formula is C28H30F6N2O3. The zero-order valence-electron chi connectivity index (χ0n) is 21.7. The number of likely N-dealkylation sites (tertiary alicyclic amines) is 1. The monoisotopic (exact) mass is 556 g/mol. The number of ether oxygens (including phenoxy) is 1. The summed E-state index contributed by atoms with van der Waals surface area (Å²) < 4.78 is 87.1. The molecule has 2 amide bonds. The van der Waals surface area contributed by atoms with E-state index in [1.165, 1.54) is 4.90 Å². The second-order valence-corrected chi connectivity index (χ2v) is 10.2. The Bertz CT molecular complexity index is 1220. The van der Waals surface area contributed by atoms with Gasteiger partial charge in [0.15, 0.2) is 0 Å². The van der Waals surface area contributed by atoms with Gasteiger partial charge in [0, 0.05) is 33.1 Å². The van der Waals surface area contributed by atoms with Crippen molar-refractivity contribution in [2.24, 2.45) is 5.92 Å². The van der Waals surface area contributed by atoms with E-state index in [1.807, 2.05) is 31.2 Å². The maximum atomic E-state index is 13.5. The van der Waals surface area contributed by atoms with Crippen molar-refractivity contribution >= 4 is 11.6 Å². The van der Waals surface area contributed by atoms with E-state index in [0.717, 1.165) is 22.3 Å². The summed E-state index contributed by atoms with van der Waals surface area (Å²) in [5, 5.41) is 10.1. The maximum absolute atomic E-state index is 13.5. The van der Waals surface area contributed by atoms with Gasteiger partial charge in [0.05, 0.1) is 23.8 Å². The standard InChI is InChI=1S/C28H30F6N2O3/c1-16-6-4-5-7-21(16)25-22-14-36(26(38)35(2)3)13-17(22)8-9-23(25)39-24(15-37)18-10-19(27(29,30)31)12-20(11-18)28(32,33)34/h4-7,10-12,17,23-24,37H,8-9,13-15H2,1-3H3/t17?,23-,24+/m0/s1. The third-order valence-corrected chi connectivity index (χ3v) is 7.30. The molecule has 1 heterocycles. The van der Waals surface area contributed by atoms with E-state index in [-0.39, 0.29) is 18.0 Å². The third-order valence-electron chi connectivity index (χ3n) is 7.30.